The van der Waals surface area contributed by atoms with Gasteiger partial charge in [-0.2, -0.15) is 0 Å². The van der Waals surface area contributed by atoms with E-state index in [2.05, 4.69) is 18.7 Å². The summed E-state index contributed by atoms with van der Waals surface area (Å²) in [5.41, 5.74) is 6.00. The Morgan fingerprint density at radius 1 is 0.857 bits per heavy atom. The Bertz CT molecular complexity index is 220. The lowest BCUT2D eigenvalue weighted by Gasteiger charge is -2.33. The van der Waals surface area contributed by atoms with Gasteiger partial charge in [0.05, 0.1) is 0 Å². The molecule has 126 valence electrons. The first-order chi connectivity index (χ1) is 10.2. The number of nitrogens with zero attached hydrogens (tertiary/aromatic N) is 1. The average Bonchev–Trinajstić information content (AvgIpc) is 2.49. The van der Waals surface area contributed by atoms with Crippen molar-refractivity contribution < 1.29 is 0 Å². The van der Waals surface area contributed by atoms with Crippen LogP contribution in [0.2, 0.25) is 0 Å². The fourth-order valence-electron chi connectivity index (χ4n) is 3.53. The van der Waals surface area contributed by atoms with Crippen molar-refractivity contribution in [3.05, 3.63) is 0 Å². The minimum Gasteiger partial charge on any atom is -0.328 e. The first kappa shape index (κ1) is 19.0. The molecule has 2 N–H and O–H groups in total. The lowest BCUT2D eigenvalue weighted by molar-refractivity contribution is 0.169. The van der Waals surface area contributed by atoms with Gasteiger partial charge < -0.3 is 10.6 Å². The van der Waals surface area contributed by atoms with Crippen molar-refractivity contribution in [3.8, 4) is 0 Å². The Balaban J connectivity index is 1.83. The molecule has 1 unspecified atom stereocenters. The number of rotatable bonds is 12. The van der Waals surface area contributed by atoms with Crippen molar-refractivity contribution in [1.82, 2.24) is 4.90 Å². The zero-order chi connectivity index (χ0) is 15.3. The van der Waals surface area contributed by atoms with Crippen LogP contribution in [-0.2, 0) is 0 Å². The van der Waals surface area contributed by atoms with Crippen LogP contribution in [-0.4, -0.2) is 30.6 Å². The van der Waals surface area contributed by atoms with Crippen LogP contribution in [0.5, 0.6) is 0 Å². The fraction of sp³-hybridized carbons (Fsp3) is 1.00. The van der Waals surface area contributed by atoms with Crippen molar-refractivity contribution in [2.75, 3.05) is 19.6 Å². The quantitative estimate of drug-likeness (QED) is 0.515. The Morgan fingerprint density at radius 3 is 1.81 bits per heavy atom. The number of nitrogens with two attached hydrogens (primary N) is 1. The Morgan fingerprint density at radius 2 is 1.33 bits per heavy atom. The van der Waals surface area contributed by atoms with Crippen molar-refractivity contribution >= 4 is 0 Å². The van der Waals surface area contributed by atoms with Crippen LogP contribution in [0.1, 0.15) is 90.9 Å². The minimum atomic E-state index is 0.393. The van der Waals surface area contributed by atoms with Crippen molar-refractivity contribution in [1.29, 1.82) is 0 Å². The molecule has 1 rings (SSSR count). The van der Waals surface area contributed by atoms with E-state index in [-0.39, 0.29) is 0 Å². The molecule has 1 aliphatic rings. The fourth-order valence-corrected chi connectivity index (χ4v) is 3.53. The maximum atomic E-state index is 6.00. The zero-order valence-corrected chi connectivity index (χ0v) is 14.8. The van der Waals surface area contributed by atoms with Crippen LogP contribution >= 0.6 is 0 Å². The van der Waals surface area contributed by atoms with E-state index in [1.807, 2.05) is 0 Å². The first-order valence-corrected chi connectivity index (χ1v) is 9.72. The molecule has 1 heterocycles. The SMILES string of the molecule is CCCCCCCCCCCCN1CCC(C(C)N)CC1. The molecule has 0 aliphatic carbocycles. The molecule has 2 heteroatoms. The summed E-state index contributed by atoms with van der Waals surface area (Å²) in [5, 5.41) is 0. The lowest BCUT2D eigenvalue weighted by atomic mass is 9.91. The van der Waals surface area contributed by atoms with E-state index >= 15 is 0 Å². The predicted molar refractivity (Wildman–Crippen MR) is 94.7 cm³/mol. The van der Waals surface area contributed by atoms with Gasteiger partial charge in [-0.25, -0.2) is 0 Å². The monoisotopic (exact) mass is 296 g/mol. The summed E-state index contributed by atoms with van der Waals surface area (Å²) in [4.78, 5) is 2.66. The van der Waals surface area contributed by atoms with Gasteiger partial charge in [-0.05, 0) is 51.7 Å². The minimum absolute atomic E-state index is 0.393. The number of hydrogen-bond donors (Lipinski definition) is 1. The summed E-state index contributed by atoms with van der Waals surface area (Å²) < 4.78 is 0. The van der Waals surface area contributed by atoms with E-state index in [1.165, 1.54) is 96.7 Å². The summed E-state index contributed by atoms with van der Waals surface area (Å²) in [6, 6.07) is 0.393. The largest absolute Gasteiger partial charge is 0.328 e. The van der Waals surface area contributed by atoms with Gasteiger partial charge in [0, 0.05) is 6.04 Å². The molecular weight excluding hydrogens is 256 g/mol. The lowest BCUT2D eigenvalue weighted by Crippen LogP contribution is -2.40. The number of piperidine rings is 1. The molecule has 1 saturated heterocycles. The molecule has 1 fully saturated rings. The normalized spacial score (nSPS) is 19.0. The third-order valence-corrected chi connectivity index (χ3v) is 5.20. The molecule has 0 aromatic rings. The predicted octanol–water partition coefficient (Wildman–Crippen LogP) is 4.97. The molecule has 21 heavy (non-hydrogen) atoms. The van der Waals surface area contributed by atoms with Crippen molar-refractivity contribution in [2.45, 2.75) is 96.9 Å². The molecule has 0 aromatic heterocycles. The third kappa shape index (κ3) is 9.52. The number of hydrogen-bond acceptors (Lipinski definition) is 2. The van der Waals surface area contributed by atoms with Crippen LogP contribution in [0.15, 0.2) is 0 Å². The second kappa shape index (κ2) is 12.5. The molecule has 0 aromatic carbocycles. The second-order valence-corrected chi connectivity index (χ2v) is 7.22. The van der Waals surface area contributed by atoms with Gasteiger partial charge in [-0.1, -0.05) is 64.7 Å². The maximum absolute atomic E-state index is 6.00. The van der Waals surface area contributed by atoms with E-state index in [1.54, 1.807) is 0 Å². The number of likely N-dealkylation sites (tertiary alicyclic amines) is 1. The zero-order valence-electron chi connectivity index (χ0n) is 14.8. The average molecular weight is 297 g/mol. The summed E-state index contributed by atoms with van der Waals surface area (Å²) in [5.74, 6) is 0.772. The van der Waals surface area contributed by atoms with E-state index in [4.69, 9.17) is 5.73 Å². The molecule has 0 radical (unpaired) electrons. The van der Waals surface area contributed by atoms with E-state index in [0.717, 1.165) is 5.92 Å². The van der Waals surface area contributed by atoms with Crippen molar-refractivity contribution in [2.24, 2.45) is 11.7 Å². The van der Waals surface area contributed by atoms with Gasteiger partial charge in [-0.15, -0.1) is 0 Å². The Labute approximate surface area is 133 Å². The second-order valence-electron chi connectivity index (χ2n) is 7.22. The molecule has 0 amide bonds. The van der Waals surface area contributed by atoms with E-state index in [9.17, 15) is 0 Å². The van der Waals surface area contributed by atoms with Crippen LogP contribution in [0.25, 0.3) is 0 Å². The third-order valence-electron chi connectivity index (χ3n) is 5.20. The molecule has 0 bridgehead atoms. The van der Waals surface area contributed by atoms with Crippen LogP contribution in [0.4, 0.5) is 0 Å². The van der Waals surface area contributed by atoms with Gasteiger partial charge in [0.25, 0.3) is 0 Å². The molecule has 1 aliphatic heterocycles. The highest BCUT2D eigenvalue weighted by Gasteiger charge is 2.21. The highest BCUT2D eigenvalue weighted by Crippen LogP contribution is 2.20. The van der Waals surface area contributed by atoms with Gasteiger partial charge in [0.15, 0.2) is 0 Å². The summed E-state index contributed by atoms with van der Waals surface area (Å²) in [7, 11) is 0. The van der Waals surface area contributed by atoms with Gasteiger partial charge in [0.2, 0.25) is 0 Å². The summed E-state index contributed by atoms with van der Waals surface area (Å²) >= 11 is 0. The molecule has 1 atom stereocenters. The van der Waals surface area contributed by atoms with Gasteiger partial charge in [-0.3, -0.25) is 0 Å². The molecule has 2 nitrogen and oxygen atoms in total. The Kier molecular flexibility index (Phi) is 11.3. The smallest absolute Gasteiger partial charge is 0.00397 e. The number of unbranched alkanes of at least 4 members (excludes halogenated alkanes) is 9. The summed E-state index contributed by atoms with van der Waals surface area (Å²) in [6.07, 6.45) is 17.0. The highest BCUT2D eigenvalue weighted by atomic mass is 15.1. The van der Waals surface area contributed by atoms with Gasteiger partial charge in [0.1, 0.15) is 0 Å². The standard InChI is InChI=1S/C19H40N2/c1-3-4-5-6-7-8-9-10-11-12-15-21-16-13-19(14-17-21)18(2)20/h18-19H,3-17,20H2,1-2H3. The topological polar surface area (TPSA) is 29.3 Å². The van der Waals surface area contributed by atoms with E-state index in [0.29, 0.717) is 6.04 Å². The van der Waals surface area contributed by atoms with Crippen LogP contribution in [0.3, 0.4) is 0 Å². The molecular formula is C19H40N2. The Hall–Kier alpha value is -0.0800. The maximum Gasteiger partial charge on any atom is 0.00397 e. The molecule has 0 saturated carbocycles. The molecule has 0 spiro atoms. The van der Waals surface area contributed by atoms with Gasteiger partial charge >= 0.3 is 0 Å². The highest BCUT2D eigenvalue weighted by molar-refractivity contribution is 4.77. The first-order valence-electron chi connectivity index (χ1n) is 9.72. The van der Waals surface area contributed by atoms with Crippen LogP contribution in [0, 0.1) is 5.92 Å². The van der Waals surface area contributed by atoms with Crippen LogP contribution < -0.4 is 5.73 Å². The summed E-state index contributed by atoms with van der Waals surface area (Å²) in [6.45, 7) is 8.34. The van der Waals surface area contributed by atoms with E-state index < -0.39 is 0 Å². The van der Waals surface area contributed by atoms with Crippen molar-refractivity contribution in [3.63, 3.8) is 0 Å².